The van der Waals surface area contributed by atoms with E-state index in [4.69, 9.17) is 0 Å². The molecule has 90 valence electrons. The van der Waals surface area contributed by atoms with Gasteiger partial charge in [-0.2, -0.15) is 0 Å². The smallest absolute Gasteiger partial charge is 0.243 e. The highest BCUT2D eigenvalue weighted by molar-refractivity contribution is 5.86. The molecular formula is C14H18N2O. The summed E-state index contributed by atoms with van der Waals surface area (Å²) in [4.78, 5) is 13.5. The van der Waals surface area contributed by atoms with Gasteiger partial charge in [0.25, 0.3) is 0 Å². The Hall–Kier alpha value is -1.77. The highest BCUT2D eigenvalue weighted by atomic mass is 16.1. The van der Waals surface area contributed by atoms with Crippen molar-refractivity contribution in [2.45, 2.75) is 18.9 Å². The second-order valence-corrected chi connectivity index (χ2v) is 4.27. The Bertz CT molecular complexity index is 388. The van der Waals surface area contributed by atoms with Gasteiger partial charge in [-0.25, -0.2) is 0 Å². The van der Waals surface area contributed by atoms with Crippen LogP contribution in [0, 0.1) is 0 Å². The molecule has 17 heavy (non-hydrogen) atoms. The second-order valence-electron chi connectivity index (χ2n) is 4.27. The molecule has 1 heterocycles. The number of carbonyl (C=O) groups excluding carboxylic acids is 1. The topological polar surface area (TPSA) is 32.3 Å². The van der Waals surface area contributed by atoms with Gasteiger partial charge in [0.2, 0.25) is 5.91 Å². The first-order chi connectivity index (χ1) is 8.31. The summed E-state index contributed by atoms with van der Waals surface area (Å²) in [6, 6.07) is 10.8. The van der Waals surface area contributed by atoms with Gasteiger partial charge in [-0.15, -0.1) is 0 Å². The number of para-hydroxylation sites is 1. The maximum absolute atomic E-state index is 11.2. The molecule has 0 aliphatic carbocycles. The molecule has 1 aliphatic rings. The van der Waals surface area contributed by atoms with Crippen LogP contribution in [0.1, 0.15) is 12.8 Å². The molecular weight excluding hydrogens is 212 g/mol. The van der Waals surface area contributed by atoms with E-state index in [0.717, 1.165) is 13.0 Å². The average molecular weight is 230 g/mol. The molecule has 1 aromatic carbocycles. The van der Waals surface area contributed by atoms with E-state index in [2.05, 4.69) is 28.9 Å². The lowest BCUT2D eigenvalue weighted by Gasteiger charge is -2.26. The predicted molar refractivity (Wildman–Crippen MR) is 70.0 cm³/mol. The lowest BCUT2D eigenvalue weighted by molar-refractivity contribution is -0.116. The van der Waals surface area contributed by atoms with Crippen molar-refractivity contribution in [2.75, 3.05) is 18.0 Å². The molecule has 2 rings (SSSR count). The molecule has 1 amide bonds. The highest BCUT2D eigenvalue weighted by Gasteiger charge is 2.24. The number of amides is 1. The van der Waals surface area contributed by atoms with E-state index in [1.165, 1.54) is 18.2 Å². The first-order valence-corrected chi connectivity index (χ1v) is 6.03. The monoisotopic (exact) mass is 230 g/mol. The van der Waals surface area contributed by atoms with Crippen LogP contribution in [0.25, 0.3) is 0 Å². The maximum atomic E-state index is 11.2. The Morgan fingerprint density at radius 2 is 2.24 bits per heavy atom. The van der Waals surface area contributed by atoms with Crippen molar-refractivity contribution in [3.8, 4) is 0 Å². The normalized spacial score (nSPS) is 19.1. The number of hydrogen-bond donors (Lipinski definition) is 1. The molecule has 1 N–H and O–H groups in total. The van der Waals surface area contributed by atoms with E-state index in [-0.39, 0.29) is 5.91 Å². The predicted octanol–water partition coefficient (Wildman–Crippen LogP) is 1.96. The molecule has 1 saturated heterocycles. The third-order valence-electron chi connectivity index (χ3n) is 3.16. The zero-order valence-electron chi connectivity index (χ0n) is 9.93. The van der Waals surface area contributed by atoms with Crippen molar-refractivity contribution in [1.82, 2.24) is 5.32 Å². The summed E-state index contributed by atoms with van der Waals surface area (Å²) >= 11 is 0. The minimum atomic E-state index is -0.0927. The summed E-state index contributed by atoms with van der Waals surface area (Å²) in [6.07, 6.45) is 3.64. The fourth-order valence-electron chi connectivity index (χ4n) is 2.30. The fourth-order valence-corrected chi connectivity index (χ4v) is 2.30. The van der Waals surface area contributed by atoms with Crippen LogP contribution in [-0.2, 0) is 4.79 Å². The zero-order chi connectivity index (χ0) is 12.1. The van der Waals surface area contributed by atoms with Gasteiger partial charge < -0.3 is 10.2 Å². The van der Waals surface area contributed by atoms with E-state index in [9.17, 15) is 4.79 Å². The van der Waals surface area contributed by atoms with E-state index >= 15 is 0 Å². The van der Waals surface area contributed by atoms with E-state index in [1.807, 2.05) is 18.2 Å². The summed E-state index contributed by atoms with van der Waals surface area (Å²) in [5.41, 5.74) is 1.24. The van der Waals surface area contributed by atoms with Crippen LogP contribution in [0.2, 0.25) is 0 Å². The van der Waals surface area contributed by atoms with Crippen molar-refractivity contribution in [3.05, 3.63) is 43.0 Å². The van der Waals surface area contributed by atoms with Crippen LogP contribution in [-0.4, -0.2) is 25.0 Å². The minimum absolute atomic E-state index is 0.0927. The van der Waals surface area contributed by atoms with Crippen LogP contribution in [0.3, 0.4) is 0 Å². The number of anilines is 1. The number of rotatable bonds is 4. The second kappa shape index (κ2) is 5.53. The van der Waals surface area contributed by atoms with Crippen molar-refractivity contribution in [2.24, 2.45) is 0 Å². The summed E-state index contributed by atoms with van der Waals surface area (Å²) in [5, 5.41) is 2.88. The molecule has 0 saturated carbocycles. The van der Waals surface area contributed by atoms with Crippen LogP contribution in [0.4, 0.5) is 5.69 Å². The van der Waals surface area contributed by atoms with Crippen molar-refractivity contribution in [1.29, 1.82) is 0 Å². The number of benzene rings is 1. The van der Waals surface area contributed by atoms with E-state index in [0.29, 0.717) is 12.6 Å². The highest BCUT2D eigenvalue weighted by Crippen LogP contribution is 2.24. The summed E-state index contributed by atoms with van der Waals surface area (Å²) in [7, 11) is 0. The molecule has 3 nitrogen and oxygen atoms in total. The number of nitrogens with one attached hydrogen (secondary N) is 1. The van der Waals surface area contributed by atoms with Crippen molar-refractivity contribution < 1.29 is 4.79 Å². The van der Waals surface area contributed by atoms with E-state index in [1.54, 1.807) is 0 Å². The van der Waals surface area contributed by atoms with Crippen LogP contribution >= 0.6 is 0 Å². The van der Waals surface area contributed by atoms with Crippen molar-refractivity contribution in [3.63, 3.8) is 0 Å². The number of hydrogen-bond acceptors (Lipinski definition) is 2. The lowest BCUT2D eigenvalue weighted by atomic mass is 10.2. The Kier molecular flexibility index (Phi) is 3.81. The number of carbonyl (C=O) groups is 1. The SMILES string of the molecule is C=CC(=O)NCC1CCCN1c1ccccc1. The third kappa shape index (κ3) is 2.87. The minimum Gasteiger partial charge on any atom is -0.367 e. The molecule has 3 heteroatoms. The molecule has 1 fully saturated rings. The Morgan fingerprint density at radius 3 is 2.94 bits per heavy atom. The Balaban J connectivity index is 1.98. The van der Waals surface area contributed by atoms with Gasteiger partial charge in [0.15, 0.2) is 0 Å². The largest absolute Gasteiger partial charge is 0.367 e. The first kappa shape index (κ1) is 11.7. The van der Waals surface area contributed by atoms with Gasteiger partial charge in [0.05, 0.1) is 0 Å². The zero-order valence-corrected chi connectivity index (χ0v) is 9.93. The molecule has 1 atom stereocenters. The Labute approximate surface area is 102 Å². The van der Waals surface area contributed by atoms with Crippen LogP contribution < -0.4 is 10.2 Å². The third-order valence-corrected chi connectivity index (χ3v) is 3.16. The molecule has 1 aromatic rings. The molecule has 0 radical (unpaired) electrons. The van der Waals surface area contributed by atoms with E-state index < -0.39 is 0 Å². The van der Waals surface area contributed by atoms with Crippen molar-refractivity contribution >= 4 is 11.6 Å². The standard InChI is InChI=1S/C14H18N2O/c1-2-14(17)15-11-13-9-6-10-16(13)12-7-4-3-5-8-12/h2-5,7-8,13H,1,6,9-11H2,(H,15,17). The summed E-state index contributed by atoms with van der Waals surface area (Å²) in [6.45, 7) is 5.22. The van der Waals surface area contributed by atoms with Gasteiger partial charge >= 0.3 is 0 Å². The van der Waals surface area contributed by atoms with Gasteiger partial charge in [-0.1, -0.05) is 24.8 Å². The molecule has 0 aromatic heterocycles. The van der Waals surface area contributed by atoms with Gasteiger partial charge in [-0.05, 0) is 31.1 Å². The van der Waals surface area contributed by atoms with Crippen LogP contribution in [0.15, 0.2) is 43.0 Å². The number of nitrogens with zero attached hydrogens (tertiary/aromatic N) is 1. The lowest BCUT2D eigenvalue weighted by Crippen LogP contribution is -2.39. The maximum Gasteiger partial charge on any atom is 0.243 e. The molecule has 0 bridgehead atoms. The molecule has 1 unspecified atom stereocenters. The summed E-state index contributed by atoms with van der Waals surface area (Å²) in [5.74, 6) is -0.0927. The summed E-state index contributed by atoms with van der Waals surface area (Å²) < 4.78 is 0. The molecule has 0 spiro atoms. The average Bonchev–Trinajstić information content (AvgIpc) is 2.85. The fraction of sp³-hybridized carbons (Fsp3) is 0.357. The van der Waals surface area contributed by atoms with Gasteiger partial charge in [-0.3, -0.25) is 4.79 Å². The quantitative estimate of drug-likeness (QED) is 0.802. The van der Waals surface area contributed by atoms with Gasteiger partial charge in [0.1, 0.15) is 0 Å². The Morgan fingerprint density at radius 1 is 1.47 bits per heavy atom. The van der Waals surface area contributed by atoms with Crippen LogP contribution in [0.5, 0.6) is 0 Å². The molecule has 1 aliphatic heterocycles. The van der Waals surface area contributed by atoms with Gasteiger partial charge in [0, 0.05) is 24.8 Å². The first-order valence-electron chi connectivity index (χ1n) is 6.03.